The summed E-state index contributed by atoms with van der Waals surface area (Å²) in [6.07, 6.45) is 0. The molecule has 0 saturated heterocycles. The van der Waals surface area contributed by atoms with Gasteiger partial charge in [0.25, 0.3) is 0 Å². The Balaban J connectivity index is 2.52. The number of esters is 1. The maximum Gasteiger partial charge on any atom is 0.338 e. The fraction of sp³-hybridized carbons (Fsp3) is 0.133. The van der Waals surface area contributed by atoms with Crippen molar-refractivity contribution in [3.63, 3.8) is 0 Å². The minimum Gasteiger partial charge on any atom is -0.423 e. The maximum atomic E-state index is 11.5. The molecule has 0 spiro atoms. The van der Waals surface area contributed by atoms with Crippen molar-refractivity contribution in [3.05, 3.63) is 54.1 Å². The summed E-state index contributed by atoms with van der Waals surface area (Å²) in [7, 11) is 0. The highest BCUT2D eigenvalue weighted by molar-refractivity contribution is 5.95. The van der Waals surface area contributed by atoms with Crippen LogP contribution in [-0.4, -0.2) is 5.97 Å². The Bertz CT molecular complexity index is 597. The molecule has 0 aromatic heterocycles. The number of fused-ring (bicyclic) bond motifs is 1. The molecule has 0 radical (unpaired) electrons. The minimum atomic E-state index is -0.390. The van der Waals surface area contributed by atoms with Crippen LogP contribution in [0.1, 0.15) is 12.5 Å². The standard InChI is InChI=1S/C15H14O2/c1-10(2)15(16)17-14-9-5-7-12-11(3)6-4-8-13(12)14/h4-9H,1H2,2-3H3. The molecule has 0 aliphatic carbocycles. The van der Waals surface area contributed by atoms with Crippen molar-refractivity contribution in [1.82, 2.24) is 0 Å². The van der Waals surface area contributed by atoms with Crippen molar-refractivity contribution in [2.75, 3.05) is 0 Å². The Hall–Kier alpha value is -2.09. The number of carbonyl (C=O) groups excluding carboxylic acids is 1. The molecule has 0 saturated carbocycles. The van der Waals surface area contributed by atoms with Gasteiger partial charge in [-0.15, -0.1) is 0 Å². The van der Waals surface area contributed by atoms with Gasteiger partial charge in [0.1, 0.15) is 5.75 Å². The number of benzene rings is 2. The van der Waals surface area contributed by atoms with Crippen LogP contribution in [0.25, 0.3) is 10.8 Å². The molecule has 0 aliphatic heterocycles. The highest BCUT2D eigenvalue weighted by atomic mass is 16.5. The molecule has 2 rings (SSSR count). The molecule has 17 heavy (non-hydrogen) atoms. The zero-order valence-corrected chi connectivity index (χ0v) is 9.99. The average Bonchev–Trinajstić information content (AvgIpc) is 2.30. The molecule has 2 heteroatoms. The van der Waals surface area contributed by atoms with Gasteiger partial charge in [0.05, 0.1) is 0 Å². The zero-order valence-electron chi connectivity index (χ0n) is 9.99. The number of ether oxygens (including phenoxy) is 1. The van der Waals surface area contributed by atoms with Gasteiger partial charge in [0.15, 0.2) is 0 Å². The molecule has 0 heterocycles. The lowest BCUT2D eigenvalue weighted by atomic mass is 10.1. The number of hydrogen-bond acceptors (Lipinski definition) is 2. The monoisotopic (exact) mass is 226 g/mol. The van der Waals surface area contributed by atoms with Gasteiger partial charge in [0, 0.05) is 11.0 Å². The quantitative estimate of drug-likeness (QED) is 0.444. The van der Waals surface area contributed by atoms with Gasteiger partial charge < -0.3 is 4.74 Å². The molecule has 86 valence electrons. The van der Waals surface area contributed by atoms with Crippen LogP contribution in [0.15, 0.2) is 48.6 Å². The largest absolute Gasteiger partial charge is 0.423 e. The lowest BCUT2D eigenvalue weighted by molar-refractivity contribution is -0.129. The van der Waals surface area contributed by atoms with Crippen LogP contribution in [0.3, 0.4) is 0 Å². The van der Waals surface area contributed by atoms with Gasteiger partial charge in [-0.25, -0.2) is 4.79 Å². The lowest BCUT2D eigenvalue weighted by Gasteiger charge is -2.08. The normalized spacial score (nSPS) is 10.2. The molecule has 0 atom stereocenters. The van der Waals surface area contributed by atoms with Gasteiger partial charge in [-0.3, -0.25) is 0 Å². The highest BCUT2D eigenvalue weighted by Crippen LogP contribution is 2.27. The molecule has 0 fully saturated rings. The van der Waals surface area contributed by atoms with Crippen molar-refractivity contribution in [2.24, 2.45) is 0 Å². The molecule has 0 amide bonds. The fourth-order valence-corrected chi connectivity index (χ4v) is 1.71. The zero-order chi connectivity index (χ0) is 12.4. The topological polar surface area (TPSA) is 26.3 Å². The summed E-state index contributed by atoms with van der Waals surface area (Å²) >= 11 is 0. The van der Waals surface area contributed by atoms with Crippen LogP contribution < -0.4 is 4.74 Å². The van der Waals surface area contributed by atoms with Crippen molar-refractivity contribution in [1.29, 1.82) is 0 Å². The molecular weight excluding hydrogens is 212 g/mol. The molecule has 2 nitrogen and oxygen atoms in total. The summed E-state index contributed by atoms with van der Waals surface area (Å²) in [6, 6.07) is 11.6. The van der Waals surface area contributed by atoms with E-state index in [0.29, 0.717) is 11.3 Å². The van der Waals surface area contributed by atoms with Gasteiger partial charge in [0.2, 0.25) is 0 Å². The first-order chi connectivity index (χ1) is 8.09. The van der Waals surface area contributed by atoms with E-state index in [2.05, 4.69) is 6.58 Å². The molecule has 2 aromatic rings. The molecular formula is C15H14O2. The predicted molar refractivity (Wildman–Crippen MR) is 69.1 cm³/mol. The van der Waals surface area contributed by atoms with Crippen LogP contribution in [0.2, 0.25) is 0 Å². The summed E-state index contributed by atoms with van der Waals surface area (Å²) in [5, 5.41) is 2.04. The Morgan fingerprint density at radius 3 is 2.47 bits per heavy atom. The van der Waals surface area contributed by atoms with E-state index in [4.69, 9.17) is 4.74 Å². The van der Waals surface area contributed by atoms with Crippen molar-refractivity contribution < 1.29 is 9.53 Å². The van der Waals surface area contributed by atoms with Crippen LogP contribution in [0.5, 0.6) is 5.75 Å². The first kappa shape index (κ1) is 11.4. The van der Waals surface area contributed by atoms with Crippen molar-refractivity contribution in [3.8, 4) is 5.75 Å². The van der Waals surface area contributed by atoms with E-state index in [9.17, 15) is 4.79 Å². The first-order valence-corrected chi connectivity index (χ1v) is 5.45. The Morgan fingerprint density at radius 2 is 1.76 bits per heavy atom. The van der Waals surface area contributed by atoms with E-state index in [0.717, 1.165) is 16.3 Å². The number of rotatable bonds is 2. The molecule has 2 aromatic carbocycles. The summed E-state index contributed by atoms with van der Waals surface area (Å²) in [5.41, 5.74) is 1.56. The fourth-order valence-electron chi connectivity index (χ4n) is 1.71. The Morgan fingerprint density at radius 1 is 1.12 bits per heavy atom. The molecule has 0 N–H and O–H groups in total. The summed E-state index contributed by atoms with van der Waals surface area (Å²) in [4.78, 5) is 11.5. The van der Waals surface area contributed by atoms with E-state index in [1.54, 1.807) is 13.0 Å². The Kier molecular flexibility index (Phi) is 2.96. The second-order valence-electron chi connectivity index (χ2n) is 4.10. The average molecular weight is 226 g/mol. The highest BCUT2D eigenvalue weighted by Gasteiger charge is 2.08. The minimum absolute atomic E-state index is 0.390. The smallest absolute Gasteiger partial charge is 0.338 e. The molecule has 0 aliphatic rings. The first-order valence-electron chi connectivity index (χ1n) is 5.45. The van der Waals surface area contributed by atoms with Gasteiger partial charge in [-0.05, 0) is 30.9 Å². The van der Waals surface area contributed by atoms with Crippen LogP contribution in [-0.2, 0) is 4.79 Å². The van der Waals surface area contributed by atoms with E-state index < -0.39 is 0 Å². The van der Waals surface area contributed by atoms with Gasteiger partial charge in [-0.1, -0.05) is 36.9 Å². The van der Waals surface area contributed by atoms with E-state index in [-0.39, 0.29) is 5.97 Å². The second-order valence-corrected chi connectivity index (χ2v) is 4.10. The molecule has 0 bridgehead atoms. The second kappa shape index (κ2) is 4.42. The van der Waals surface area contributed by atoms with Gasteiger partial charge in [-0.2, -0.15) is 0 Å². The van der Waals surface area contributed by atoms with E-state index in [1.165, 1.54) is 0 Å². The van der Waals surface area contributed by atoms with Crippen LogP contribution >= 0.6 is 0 Å². The lowest BCUT2D eigenvalue weighted by Crippen LogP contribution is -2.08. The number of aryl methyl sites for hydroxylation is 1. The van der Waals surface area contributed by atoms with Crippen molar-refractivity contribution >= 4 is 16.7 Å². The van der Waals surface area contributed by atoms with Crippen LogP contribution in [0, 0.1) is 6.92 Å². The van der Waals surface area contributed by atoms with Crippen LogP contribution in [0.4, 0.5) is 0 Å². The maximum absolute atomic E-state index is 11.5. The third-order valence-electron chi connectivity index (χ3n) is 2.65. The predicted octanol–water partition coefficient (Wildman–Crippen LogP) is 3.63. The Labute approximate surface area is 101 Å². The third kappa shape index (κ3) is 2.21. The molecule has 0 unspecified atom stereocenters. The summed E-state index contributed by atoms with van der Waals surface area (Å²) in [6.45, 7) is 7.25. The summed E-state index contributed by atoms with van der Waals surface area (Å²) < 4.78 is 5.31. The summed E-state index contributed by atoms with van der Waals surface area (Å²) in [5.74, 6) is 0.193. The number of hydrogen-bond donors (Lipinski definition) is 0. The third-order valence-corrected chi connectivity index (χ3v) is 2.65. The van der Waals surface area contributed by atoms with Gasteiger partial charge >= 0.3 is 5.97 Å². The van der Waals surface area contributed by atoms with Crippen molar-refractivity contribution in [2.45, 2.75) is 13.8 Å². The number of carbonyl (C=O) groups is 1. The van der Waals surface area contributed by atoms with E-state index >= 15 is 0 Å². The van der Waals surface area contributed by atoms with E-state index in [1.807, 2.05) is 37.3 Å². The SMILES string of the molecule is C=C(C)C(=O)Oc1cccc2c(C)cccc12.